The summed E-state index contributed by atoms with van der Waals surface area (Å²) in [5.74, 6) is -0.685. The van der Waals surface area contributed by atoms with Crippen molar-refractivity contribution < 1.29 is 13.5 Å². The molecule has 0 spiro atoms. The molecule has 2 heterocycles. The van der Waals surface area contributed by atoms with E-state index in [2.05, 4.69) is 9.80 Å². The minimum absolute atomic E-state index is 0.316. The van der Waals surface area contributed by atoms with Crippen LogP contribution in [0.15, 0.2) is 18.2 Å². The summed E-state index contributed by atoms with van der Waals surface area (Å²) in [5, 5.41) is 0. The lowest BCUT2D eigenvalue weighted by molar-refractivity contribution is 0.0124. The van der Waals surface area contributed by atoms with Gasteiger partial charge in [0.15, 0.2) is 0 Å². The highest BCUT2D eigenvalue weighted by molar-refractivity contribution is 5.18. The SMILES string of the molecule is Fc1ccc(F)c(CN2CCN(C3CCOCC3)CC2)c1. The van der Waals surface area contributed by atoms with Crippen molar-refractivity contribution in [3.8, 4) is 0 Å². The van der Waals surface area contributed by atoms with Gasteiger partial charge in [-0.2, -0.15) is 0 Å². The smallest absolute Gasteiger partial charge is 0.127 e. The second-order valence-corrected chi connectivity index (χ2v) is 5.89. The van der Waals surface area contributed by atoms with Crippen LogP contribution in [0.4, 0.5) is 8.78 Å². The van der Waals surface area contributed by atoms with E-state index < -0.39 is 0 Å². The minimum atomic E-state index is -0.368. The van der Waals surface area contributed by atoms with Crippen LogP contribution >= 0.6 is 0 Å². The highest BCUT2D eigenvalue weighted by atomic mass is 19.1. The molecule has 0 unspecified atom stereocenters. The maximum absolute atomic E-state index is 13.7. The fourth-order valence-electron chi connectivity index (χ4n) is 3.24. The molecule has 0 radical (unpaired) electrons. The molecule has 5 heteroatoms. The first-order valence-electron chi connectivity index (χ1n) is 7.70. The Labute approximate surface area is 124 Å². The van der Waals surface area contributed by atoms with E-state index in [1.807, 2.05) is 0 Å². The number of ether oxygens (including phenoxy) is 1. The van der Waals surface area contributed by atoms with Gasteiger partial charge in [-0.05, 0) is 31.0 Å². The molecule has 0 atom stereocenters. The zero-order chi connectivity index (χ0) is 14.7. The van der Waals surface area contributed by atoms with Crippen molar-refractivity contribution >= 4 is 0 Å². The second-order valence-electron chi connectivity index (χ2n) is 5.89. The predicted molar refractivity (Wildman–Crippen MR) is 77.0 cm³/mol. The van der Waals surface area contributed by atoms with E-state index in [1.54, 1.807) is 0 Å². The molecule has 0 bridgehead atoms. The third-order valence-electron chi connectivity index (χ3n) is 4.52. The number of halogens is 2. The summed E-state index contributed by atoms with van der Waals surface area (Å²) in [6, 6.07) is 4.32. The van der Waals surface area contributed by atoms with Gasteiger partial charge in [-0.15, -0.1) is 0 Å². The fraction of sp³-hybridized carbons (Fsp3) is 0.625. The molecule has 0 aromatic heterocycles. The van der Waals surface area contributed by atoms with Crippen molar-refractivity contribution in [3.63, 3.8) is 0 Å². The summed E-state index contributed by atoms with van der Waals surface area (Å²) in [6.45, 7) is 6.04. The average Bonchev–Trinajstić information content (AvgIpc) is 2.53. The van der Waals surface area contributed by atoms with Crippen LogP contribution in [-0.4, -0.2) is 55.2 Å². The van der Waals surface area contributed by atoms with Crippen LogP contribution in [-0.2, 0) is 11.3 Å². The van der Waals surface area contributed by atoms with Crippen LogP contribution in [0.3, 0.4) is 0 Å². The summed E-state index contributed by atoms with van der Waals surface area (Å²) in [4.78, 5) is 4.72. The van der Waals surface area contributed by atoms with E-state index in [9.17, 15) is 8.78 Å². The molecule has 0 aliphatic carbocycles. The Kier molecular flexibility index (Phi) is 4.83. The minimum Gasteiger partial charge on any atom is -0.381 e. The highest BCUT2D eigenvalue weighted by Crippen LogP contribution is 2.18. The monoisotopic (exact) mass is 296 g/mol. The molecule has 1 aromatic carbocycles. The third-order valence-corrected chi connectivity index (χ3v) is 4.52. The van der Waals surface area contributed by atoms with Gasteiger partial charge in [0.2, 0.25) is 0 Å². The first kappa shape index (κ1) is 14.9. The largest absolute Gasteiger partial charge is 0.381 e. The summed E-state index contributed by atoms with van der Waals surface area (Å²) in [7, 11) is 0. The zero-order valence-corrected chi connectivity index (χ0v) is 12.2. The van der Waals surface area contributed by atoms with Gasteiger partial charge < -0.3 is 4.74 Å². The standard InChI is InChI=1S/C16H22F2N2O/c17-14-1-2-16(18)13(11-14)12-19-5-7-20(8-6-19)15-3-9-21-10-4-15/h1-2,11,15H,3-10,12H2. The van der Waals surface area contributed by atoms with Crippen molar-refractivity contribution in [1.82, 2.24) is 9.80 Å². The molecular formula is C16H22F2N2O. The van der Waals surface area contributed by atoms with Crippen LogP contribution in [0.5, 0.6) is 0 Å². The van der Waals surface area contributed by atoms with E-state index in [1.165, 1.54) is 18.2 Å². The molecule has 3 rings (SSSR count). The molecule has 21 heavy (non-hydrogen) atoms. The summed E-state index contributed by atoms with van der Waals surface area (Å²) < 4.78 is 32.3. The Hall–Kier alpha value is -1.04. The van der Waals surface area contributed by atoms with E-state index in [-0.39, 0.29) is 11.6 Å². The average molecular weight is 296 g/mol. The van der Waals surface area contributed by atoms with Gasteiger partial charge in [0.25, 0.3) is 0 Å². The Morgan fingerprint density at radius 1 is 1.05 bits per heavy atom. The van der Waals surface area contributed by atoms with Crippen LogP contribution in [0, 0.1) is 11.6 Å². The van der Waals surface area contributed by atoms with Crippen molar-refractivity contribution in [3.05, 3.63) is 35.4 Å². The van der Waals surface area contributed by atoms with Crippen LogP contribution in [0.2, 0.25) is 0 Å². The molecule has 2 saturated heterocycles. The normalized spacial score (nSPS) is 22.6. The lowest BCUT2D eigenvalue weighted by Crippen LogP contribution is -2.51. The Morgan fingerprint density at radius 2 is 1.76 bits per heavy atom. The molecule has 2 aliphatic heterocycles. The number of hydrogen-bond acceptors (Lipinski definition) is 3. The number of benzene rings is 1. The Balaban J connectivity index is 1.52. The molecule has 0 amide bonds. The predicted octanol–water partition coefficient (Wildman–Crippen LogP) is 2.26. The topological polar surface area (TPSA) is 15.7 Å². The Bertz CT molecular complexity index is 469. The zero-order valence-electron chi connectivity index (χ0n) is 12.2. The maximum atomic E-state index is 13.7. The van der Waals surface area contributed by atoms with Gasteiger partial charge >= 0.3 is 0 Å². The van der Waals surface area contributed by atoms with E-state index in [0.717, 1.165) is 52.2 Å². The fourth-order valence-corrected chi connectivity index (χ4v) is 3.24. The van der Waals surface area contributed by atoms with E-state index >= 15 is 0 Å². The van der Waals surface area contributed by atoms with Gasteiger partial charge in [-0.25, -0.2) is 8.78 Å². The van der Waals surface area contributed by atoms with E-state index in [0.29, 0.717) is 18.2 Å². The lowest BCUT2D eigenvalue weighted by Gasteiger charge is -2.40. The second kappa shape index (κ2) is 6.81. The maximum Gasteiger partial charge on any atom is 0.127 e. The van der Waals surface area contributed by atoms with Gasteiger partial charge in [-0.1, -0.05) is 0 Å². The summed E-state index contributed by atoms with van der Waals surface area (Å²) in [6.07, 6.45) is 2.22. The first-order valence-corrected chi connectivity index (χ1v) is 7.70. The molecular weight excluding hydrogens is 274 g/mol. The Morgan fingerprint density at radius 3 is 2.48 bits per heavy atom. The number of nitrogens with zero attached hydrogens (tertiary/aromatic N) is 2. The molecule has 2 aliphatic rings. The molecule has 0 saturated carbocycles. The molecule has 2 fully saturated rings. The molecule has 116 valence electrons. The third kappa shape index (κ3) is 3.78. The van der Waals surface area contributed by atoms with Crippen LogP contribution in [0.25, 0.3) is 0 Å². The highest BCUT2D eigenvalue weighted by Gasteiger charge is 2.25. The lowest BCUT2D eigenvalue weighted by atomic mass is 10.1. The van der Waals surface area contributed by atoms with Gasteiger partial charge in [0.1, 0.15) is 11.6 Å². The number of rotatable bonds is 3. The number of hydrogen-bond donors (Lipinski definition) is 0. The summed E-state index contributed by atoms with van der Waals surface area (Å²) in [5.41, 5.74) is 0.453. The first-order chi connectivity index (χ1) is 10.2. The van der Waals surface area contributed by atoms with Crippen molar-refractivity contribution in [1.29, 1.82) is 0 Å². The van der Waals surface area contributed by atoms with Gasteiger partial charge in [0.05, 0.1) is 0 Å². The van der Waals surface area contributed by atoms with Gasteiger partial charge in [-0.3, -0.25) is 9.80 Å². The van der Waals surface area contributed by atoms with Crippen molar-refractivity contribution in [2.75, 3.05) is 39.4 Å². The number of piperazine rings is 1. The van der Waals surface area contributed by atoms with Crippen molar-refractivity contribution in [2.24, 2.45) is 0 Å². The van der Waals surface area contributed by atoms with Crippen LogP contribution in [0.1, 0.15) is 18.4 Å². The molecule has 3 nitrogen and oxygen atoms in total. The quantitative estimate of drug-likeness (QED) is 0.851. The molecule has 1 aromatic rings. The van der Waals surface area contributed by atoms with Crippen molar-refractivity contribution in [2.45, 2.75) is 25.4 Å². The van der Waals surface area contributed by atoms with Crippen LogP contribution < -0.4 is 0 Å². The summed E-state index contributed by atoms with van der Waals surface area (Å²) >= 11 is 0. The van der Waals surface area contributed by atoms with Gasteiger partial charge in [0, 0.05) is 57.5 Å². The molecule has 0 N–H and O–H groups in total. The van der Waals surface area contributed by atoms with E-state index in [4.69, 9.17) is 4.74 Å².